The second-order valence-corrected chi connectivity index (χ2v) is 6.99. The van der Waals surface area contributed by atoms with Gasteiger partial charge in [0.25, 0.3) is 0 Å². The number of ether oxygens (including phenoxy) is 1. The number of aromatic nitrogens is 4. The molecule has 1 saturated carbocycles. The van der Waals surface area contributed by atoms with Gasteiger partial charge in [-0.3, -0.25) is 0 Å². The van der Waals surface area contributed by atoms with E-state index in [2.05, 4.69) is 48.7 Å². The highest BCUT2D eigenvalue weighted by Crippen LogP contribution is 2.39. The quantitative estimate of drug-likeness (QED) is 0.720. The first kappa shape index (κ1) is 15.4. The largest absolute Gasteiger partial charge is 0.494 e. The third-order valence-electron chi connectivity index (χ3n) is 5.23. The monoisotopic (exact) mass is 350 g/mol. The van der Waals surface area contributed by atoms with Crippen molar-refractivity contribution in [3.8, 4) is 5.75 Å². The van der Waals surface area contributed by atoms with Gasteiger partial charge in [-0.2, -0.15) is 0 Å². The van der Waals surface area contributed by atoms with Gasteiger partial charge in [0.05, 0.1) is 30.9 Å². The van der Waals surface area contributed by atoms with Crippen LogP contribution < -0.4 is 14.5 Å². The Labute approximate surface area is 152 Å². The van der Waals surface area contributed by atoms with E-state index in [1.165, 1.54) is 24.2 Å². The number of pyridine rings is 1. The van der Waals surface area contributed by atoms with Gasteiger partial charge in [-0.1, -0.05) is 0 Å². The molecule has 1 aliphatic heterocycles. The fourth-order valence-corrected chi connectivity index (χ4v) is 3.51. The number of imidazole rings is 1. The summed E-state index contributed by atoms with van der Waals surface area (Å²) in [7, 11) is 1.63. The maximum atomic E-state index is 5.13. The minimum Gasteiger partial charge on any atom is -0.494 e. The second-order valence-electron chi connectivity index (χ2n) is 6.99. The molecule has 0 aromatic carbocycles. The molecule has 134 valence electrons. The molecular formula is C19H22N6O. The molecule has 0 radical (unpaired) electrons. The standard InChI is InChI=1S/C19H22N6O/c1-26-16-10-20-19(21-11-16)24-8-6-23(7-9-24)15-4-5-18-22-17(14-2-3-14)13-25(18)12-15/h4-5,10-14H,2-3,6-9H2,1H3. The molecule has 3 aromatic rings. The molecule has 7 heteroatoms. The van der Waals surface area contributed by atoms with Crippen LogP contribution in [-0.2, 0) is 0 Å². The van der Waals surface area contributed by atoms with Crippen molar-refractivity contribution in [1.82, 2.24) is 19.4 Å². The lowest BCUT2D eigenvalue weighted by molar-refractivity contribution is 0.410. The highest BCUT2D eigenvalue weighted by molar-refractivity contribution is 5.54. The van der Waals surface area contributed by atoms with Gasteiger partial charge in [-0.05, 0) is 25.0 Å². The zero-order chi connectivity index (χ0) is 17.5. The van der Waals surface area contributed by atoms with Crippen LogP contribution in [0.25, 0.3) is 5.65 Å². The van der Waals surface area contributed by atoms with Crippen LogP contribution in [-0.4, -0.2) is 52.6 Å². The molecule has 1 aliphatic carbocycles. The lowest BCUT2D eigenvalue weighted by Gasteiger charge is -2.36. The summed E-state index contributed by atoms with van der Waals surface area (Å²) >= 11 is 0. The molecule has 0 spiro atoms. The molecule has 26 heavy (non-hydrogen) atoms. The number of hydrogen-bond donors (Lipinski definition) is 0. The lowest BCUT2D eigenvalue weighted by atomic mass is 10.3. The first-order valence-corrected chi connectivity index (χ1v) is 9.15. The average molecular weight is 350 g/mol. The van der Waals surface area contributed by atoms with Crippen molar-refractivity contribution < 1.29 is 4.74 Å². The summed E-state index contributed by atoms with van der Waals surface area (Å²) in [5, 5.41) is 0. The van der Waals surface area contributed by atoms with Gasteiger partial charge in [0.2, 0.25) is 5.95 Å². The summed E-state index contributed by atoms with van der Waals surface area (Å²) < 4.78 is 7.30. The Morgan fingerprint density at radius 1 is 0.962 bits per heavy atom. The van der Waals surface area contributed by atoms with E-state index in [0.29, 0.717) is 11.7 Å². The van der Waals surface area contributed by atoms with Crippen molar-refractivity contribution in [3.63, 3.8) is 0 Å². The van der Waals surface area contributed by atoms with Crippen molar-refractivity contribution in [2.24, 2.45) is 0 Å². The van der Waals surface area contributed by atoms with Crippen LogP contribution in [0.3, 0.4) is 0 Å². The second kappa shape index (κ2) is 6.16. The van der Waals surface area contributed by atoms with E-state index < -0.39 is 0 Å². The molecule has 4 heterocycles. The average Bonchev–Trinajstić information content (AvgIpc) is 3.47. The van der Waals surface area contributed by atoms with Gasteiger partial charge >= 0.3 is 0 Å². The first-order valence-electron chi connectivity index (χ1n) is 9.15. The van der Waals surface area contributed by atoms with E-state index in [0.717, 1.165) is 37.8 Å². The van der Waals surface area contributed by atoms with Gasteiger partial charge in [0, 0.05) is 44.5 Å². The number of rotatable bonds is 4. The Balaban J connectivity index is 1.29. The smallest absolute Gasteiger partial charge is 0.225 e. The van der Waals surface area contributed by atoms with Gasteiger partial charge in [-0.25, -0.2) is 15.0 Å². The van der Waals surface area contributed by atoms with E-state index in [-0.39, 0.29) is 0 Å². The molecule has 0 amide bonds. The fraction of sp³-hybridized carbons (Fsp3) is 0.421. The molecule has 3 aromatic heterocycles. The number of piperazine rings is 1. The summed E-state index contributed by atoms with van der Waals surface area (Å²) in [5.74, 6) is 2.14. The normalized spacial score (nSPS) is 17.7. The van der Waals surface area contributed by atoms with E-state index in [1.54, 1.807) is 19.5 Å². The molecule has 0 bridgehead atoms. The Hall–Kier alpha value is -2.83. The molecule has 0 unspecified atom stereocenters. The zero-order valence-corrected chi connectivity index (χ0v) is 14.9. The highest BCUT2D eigenvalue weighted by atomic mass is 16.5. The molecule has 1 saturated heterocycles. The van der Waals surface area contributed by atoms with Crippen molar-refractivity contribution in [2.45, 2.75) is 18.8 Å². The van der Waals surface area contributed by atoms with Crippen molar-refractivity contribution in [3.05, 3.63) is 42.6 Å². The predicted molar refractivity (Wildman–Crippen MR) is 100 cm³/mol. The van der Waals surface area contributed by atoms with Crippen LogP contribution in [0.4, 0.5) is 11.6 Å². The zero-order valence-electron chi connectivity index (χ0n) is 14.9. The van der Waals surface area contributed by atoms with Crippen molar-refractivity contribution in [2.75, 3.05) is 43.1 Å². The molecule has 7 nitrogen and oxygen atoms in total. The summed E-state index contributed by atoms with van der Waals surface area (Å²) in [5.41, 5.74) is 3.53. The molecule has 0 atom stereocenters. The Kier molecular flexibility index (Phi) is 3.65. The van der Waals surface area contributed by atoms with Crippen LogP contribution in [0.5, 0.6) is 5.75 Å². The van der Waals surface area contributed by atoms with Crippen LogP contribution in [0.2, 0.25) is 0 Å². The van der Waals surface area contributed by atoms with Crippen LogP contribution in [0, 0.1) is 0 Å². The summed E-state index contributed by atoms with van der Waals surface area (Å²) in [6.45, 7) is 3.71. The van der Waals surface area contributed by atoms with Crippen LogP contribution >= 0.6 is 0 Å². The fourth-order valence-electron chi connectivity index (χ4n) is 3.51. The summed E-state index contributed by atoms with van der Waals surface area (Å²) in [4.78, 5) is 18.2. The molecule has 2 fully saturated rings. The summed E-state index contributed by atoms with van der Waals surface area (Å²) in [6.07, 6.45) is 10.4. The van der Waals surface area contributed by atoms with Crippen molar-refractivity contribution in [1.29, 1.82) is 0 Å². The number of nitrogens with zero attached hydrogens (tertiary/aromatic N) is 6. The van der Waals surface area contributed by atoms with E-state index in [4.69, 9.17) is 9.72 Å². The SMILES string of the molecule is COc1cnc(N2CCN(c3ccc4nc(C5CC5)cn4c3)CC2)nc1. The third-order valence-corrected chi connectivity index (χ3v) is 5.23. The van der Waals surface area contributed by atoms with Crippen LogP contribution in [0.1, 0.15) is 24.5 Å². The Bertz CT molecular complexity index is 909. The molecule has 5 rings (SSSR count). The predicted octanol–water partition coefficient (Wildman–Crippen LogP) is 2.34. The van der Waals surface area contributed by atoms with Gasteiger partial charge in [0.15, 0.2) is 5.75 Å². The molecular weight excluding hydrogens is 328 g/mol. The van der Waals surface area contributed by atoms with Gasteiger partial charge in [-0.15, -0.1) is 0 Å². The first-order chi connectivity index (χ1) is 12.8. The number of fused-ring (bicyclic) bond motifs is 1. The highest BCUT2D eigenvalue weighted by Gasteiger charge is 2.26. The maximum absolute atomic E-state index is 5.13. The Morgan fingerprint density at radius 3 is 2.38 bits per heavy atom. The lowest BCUT2D eigenvalue weighted by Crippen LogP contribution is -2.47. The molecule has 2 aliphatic rings. The van der Waals surface area contributed by atoms with E-state index in [9.17, 15) is 0 Å². The maximum Gasteiger partial charge on any atom is 0.225 e. The minimum atomic E-state index is 0.686. The molecule has 0 N–H and O–H groups in total. The van der Waals surface area contributed by atoms with Gasteiger partial charge < -0.3 is 18.9 Å². The van der Waals surface area contributed by atoms with Crippen molar-refractivity contribution >= 4 is 17.3 Å². The summed E-state index contributed by atoms with van der Waals surface area (Å²) in [6, 6.07) is 4.30. The Morgan fingerprint density at radius 2 is 1.69 bits per heavy atom. The number of hydrogen-bond acceptors (Lipinski definition) is 6. The van der Waals surface area contributed by atoms with E-state index in [1.807, 2.05) is 0 Å². The topological polar surface area (TPSA) is 58.8 Å². The minimum absolute atomic E-state index is 0.686. The van der Waals surface area contributed by atoms with Gasteiger partial charge in [0.1, 0.15) is 5.65 Å². The van der Waals surface area contributed by atoms with Crippen LogP contribution in [0.15, 0.2) is 36.9 Å². The number of anilines is 2. The number of methoxy groups -OCH3 is 1. The van der Waals surface area contributed by atoms with E-state index >= 15 is 0 Å². The third kappa shape index (κ3) is 2.83.